The Balaban J connectivity index is 1.90. The van der Waals surface area contributed by atoms with Gasteiger partial charge in [-0.1, -0.05) is 0 Å². The van der Waals surface area contributed by atoms with Crippen molar-refractivity contribution in [3.63, 3.8) is 0 Å². The van der Waals surface area contributed by atoms with Crippen molar-refractivity contribution in [2.45, 2.75) is 6.54 Å². The van der Waals surface area contributed by atoms with Crippen LogP contribution < -0.4 is 11.1 Å². The molecule has 2 aromatic heterocycles. The fourth-order valence-electron chi connectivity index (χ4n) is 2.05. The van der Waals surface area contributed by atoms with E-state index in [4.69, 9.17) is 5.73 Å². The predicted molar refractivity (Wildman–Crippen MR) is 77.2 cm³/mol. The Labute approximate surface area is 133 Å². The summed E-state index contributed by atoms with van der Waals surface area (Å²) < 4.78 is 55.1. The molecule has 1 aromatic carbocycles. The third-order valence-corrected chi connectivity index (χ3v) is 3.22. The van der Waals surface area contributed by atoms with E-state index < -0.39 is 35.4 Å². The Bertz CT molecular complexity index is 855. The van der Waals surface area contributed by atoms with E-state index in [1.165, 1.54) is 10.9 Å². The van der Waals surface area contributed by atoms with Crippen molar-refractivity contribution in [3.05, 3.63) is 59.7 Å². The standard InChI is InChI=1S/C14H10F4N6/c15-8-4-9(16)11(18)7(10(8)17)5-20-13-12(19)14(22-6-21-13)24-3-1-2-23-24/h1-4,6H,5,19H2,(H,20,21,22). The molecule has 0 saturated heterocycles. The lowest BCUT2D eigenvalue weighted by Crippen LogP contribution is -2.12. The monoisotopic (exact) mass is 338 g/mol. The van der Waals surface area contributed by atoms with E-state index in [0.717, 1.165) is 6.33 Å². The number of hydrogen-bond acceptors (Lipinski definition) is 5. The molecule has 3 N–H and O–H groups in total. The molecule has 3 aromatic rings. The number of benzene rings is 1. The van der Waals surface area contributed by atoms with Crippen molar-refractivity contribution in [3.8, 4) is 5.82 Å². The summed E-state index contributed by atoms with van der Waals surface area (Å²) in [7, 11) is 0. The zero-order valence-corrected chi connectivity index (χ0v) is 12.0. The van der Waals surface area contributed by atoms with Crippen LogP contribution in [0.25, 0.3) is 5.82 Å². The number of hydrogen-bond donors (Lipinski definition) is 2. The Morgan fingerprint density at radius 2 is 1.79 bits per heavy atom. The van der Waals surface area contributed by atoms with Crippen LogP contribution in [0.15, 0.2) is 30.9 Å². The quantitative estimate of drug-likeness (QED) is 0.564. The van der Waals surface area contributed by atoms with Gasteiger partial charge in [0.1, 0.15) is 12.0 Å². The van der Waals surface area contributed by atoms with Crippen molar-refractivity contribution >= 4 is 11.5 Å². The van der Waals surface area contributed by atoms with Gasteiger partial charge in [0.05, 0.1) is 0 Å². The van der Waals surface area contributed by atoms with Crippen LogP contribution in [-0.2, 0) is 6.54 Å². The Morgan fingerprint density at radius 3 is 2.42 bits per heavy atom. The number of rotatable bonds is 4. The van der Waals surface area contributed by atoms with Crippen LogP contribution in [0.3, 0.4) is 0 Å². The molecule has 0 unspecified atom stereocenters. The highest BCUT2D eigenvalue weighted by atomic mass is 19.2. The molecule has 0 saturated carbocycles. The smallest absolute Gasteiger partial charge is 0.181 e. The highest BCUT2D eigenvalue weighted by molar-refractivity contribution is 5.68. The SMILES string of the molecule is Nc1c(NCc2c(F)c(F)cc(F)c2F)ncnc1-n1cccn1. The van der Waals surface area contributed by atoms with E-state index in [1.54, 1.807) is 12.3 Å². The minimum atomic E-state index is -1.49. The van der Waals surface area contributed by atoms with E-state index in [9.17, 15) is 17.6 Å². The van der Waals surface area contributed by atoms with E-state index in [-0.39, 0.29) is 23.4 Å². The summed E-state index contributed by atoms with van der Waals surface area (Å²) in [5, 5.41) is 6.49. The second kappa shape index (κ2) is 6.14. The summed E-state index contributed by atoms with van der Waals surface area (Å²) >= 11 is 0. The summed E-state index contributed by atoms with van der Waals surface area (Å²) in [5.41, 5.74) is 5.15. The van der Waals surface area contributed by atoms with Crippen LogP contribution in [0.5, 0.6) is 0 Å². The third-order valence-electron chi connectivity index (χ3n) is 3.22. The van der Waals surface area contributed by atoms with Gasteiger partial charge in [0.15, 0.2) is 34.9 Å². The van der Waals surface area contributed by atoms with Gasteiger partial charge in [-0.25, -0.2) is 32.2 Å². The molecule has 10 heteroatoms. The number of anilines is 2. The van der Waals surface area contributed by atoms with Crippen molar-refractivity contribution in [2.24, 2.45) is 0 Å². The van der Waals surface area contributed by atoms with Crippen LogP contribution in [0.1, 0.15) is 5.56 Å². The number of aromatic nitrogens is 4. The average Bonchev–Trinajstić information content (AvgIpc) is 3.08. The normalized spacial score (nSPS) is 10.8. The van der Waals surface area contributed by atoms with E-state index in [0.29, 0.717) is 0 Å². The molecule has 0 atom stereocenters. The first-order chi connectivity index (χ1) is 11.5. The first kappa shape index (κ1) is 15.7. The Hall–Kier alpha value is -3.17. The minimum Gasteiger partial charge on any atom is -0.393 e. The molecular formula is C14H10F4N6. The highest BCUT2D eigenvalue weighted by Gasteiger charge is 2.19. The fraction of sp³-hybridized carbons (Fsp3) is 0.0714. The summed E-state index contributed by atoms with van der Waals surface area (Å²) in [5.74, 6) is -5.66. The lowest BCUT2D eigenvalue weighted by Gasteiger charge is -2.12. The van der Waals surface area contributed by atoms with Gasteiger partial charge < -0.3 is 11.1 Å². The van der Waals surface area contributed by atoms with Crippen molar-refractivity contribution < 1.29 is 17.6 Å². The average molecular weight is 338 g/mol. The lowest BCUT2D eigenvalue weighted by atomic mass is 10.1. The maximum atomic E-state index is 13.6. The van der Waals surface area contributed by atoms with Crippen molar-refractivity contribution in [1.82, 2.24) is 19.7 Å². The van der Waals surface area contributed by atoms with Crippen molar-refractivity contribution in [2.75, 3.05) is 11.1 Å². The van der Waals surface area contributed by atoms with Gasteiger partial charge in [0.2, 0.25) is 0 Å². The molecule has 24 heavy (non-hydrogen) atoms. The highest BCUT2D eigenvalue weighted by Crippen LogP contribution is 2.24. The van der Waals surface area contributed by atoms with Gasteiger partial charge in [-0.15, -0.1) is 0 Å². The predicted octanol–water partition coefficient (Wildman–Crippen LogP) is 2.41. The lowest BCUT2D eigenvalue weighted by molar-refractivity contribution is 0.441. The van der Waals surface area contributed by atoms with Crippen LogP contribution in [-0.4, -0.2) is 19.7 Å². The molecule has 0 aliphatic rings. The van der Waals surface area contributed by atoms with Gasteiger partial charge >= 0.3 is 0 Å². The first-order valence-corrected chi connectivity index (χ1v) is 6.65. The van der Waals surface area contributed by atoms with Crippen LogP contribution >= 0.6 is 0 Å². The van der Waals surface area contributed by atoms with Crippen LogP contribution in [0, 0.1) is 23.3 Å². The van der Waals surface area contributed by atoms with E-state index >= 15 is 0 Å². The topological polar surface area (TPSA) is 81.6 Å². The largest absolute Gasteiger partial charge is 0.393 e. The van der Waals surface area contributed by atoms with Crippen LogP contribution in [0.4, 0.5) is 29.1 Å². The molecule has 124 valence electrons. The molecular weight excluding hydrogens is 328 g/mol. The zero-order chi connectivity index (χ0) is 17.3. The van der Waals surface area contributed by atoms with E-state index in [1.807, 2.05) is 0 Å². The molecule has 0 spiro atoms. The minimum absolute atomic E-state index is 0.0407. The molecule has 0 aliphatic heterocycles. The zero-order valence-electron chi connectivity index (χ0n) is 12.0. The van der Waals surface area contributed by atoms with Crippen LogP contribution in [0.2, 0.25) is 0 Å². The summed E-state index contributed by atoms with van der Waals surface area (Å²) in [6, 6.07) is 1.79. The molecule has 2 heterocycles. The number of halogens is 4. The Morgan fingerprint density at radius 1 is 1.08 bits per heavy atom. The van der Waals surface area contributed by atoms with Gasteiger partial charge in [-0.2, -0.15) is 5.10 Å². The Kier molecular flexibility index (Phi) is 4.02. The summed E-state index contributed by atoms with van der Waals surface area (Å²) in [4.78, 5) is 7.80. The van der Waals surface area contributed by atoms with Crippen molar-refractivity contribution in [1.29, 1.82) is 0 Å². The molecule has 6 nitrogen and oxygen atoms in total. The van der Waals surface area contributed by atoms with Gasteiger partial charge in [-0.05, 0) is 6.07 Å². The summed E-state index contributed by atoms with van der Waals surface area (Å²) in [6.07, 6.45) is 4.26. The maximum absolute atomic E-state index is 13.6. The number of nitrogen functional groups attached to an aromatic ring is 1. The molecule has 0 radical (unpaired) electrons. The third kappa shape index (κ3) is 2.73. The molecule has 3 rings (SSSR count). The molecule has 0 bridgehead atoms. The van der Waals surface area contributed by atoms with E-state index in [2.05, 4.69) is 20.4 Å². The fourth-order valence-corrected chi connectivity index (χ4v) is 2.05. The van der Waals surface area contributed by atoms with Gasteiger partial charge in [0.25, 0.3) is 0 Å². The molecule has 0 fully saturated rings. The van der Waals surface area contributed by atoms with Gasteiger partial charge in [0, 0.05) is 30.6 Å². The molecule has 0 amide bonds. The maximum Gasteiger partial charge on any atom is 0.181 e. The second-order valence-corrected chi connectivity index (χ2v) is 4.71. The van der Waals surface area contributed by atoms with Gasteiger partial charge in [-0.3, -0.25) is 0 Å². The summed E-state index contributed by atoms with van der Waals surface area (Å²) in [6.45, 7) is -0.563. The number of nitrogens with two attached hydrogens (primary N) is 1. The molecule has 0 aliphatic carbocycles. The second-order valence-electron chi connectivity index (χ2n) is 4.71. The first-order valence-electron chi connectivity index (χ1n) is 6.65. The number of nitrogens with zero attached hydrogens (tertiary/aromatic N) is 4. The number of nitrogens with one attached hydrogen (secondary N) is 1.